The second-order valence-electron chi connectivity index (χ2n) is 5.95. The highest BCUT2D eigenvalue weighted by Crippen LogP contribution is 2.29. The normalized spacial score (nSPS) is 14.9. The van der Waals surface area contributed by atoms with Gasteiger partial charge in [-0.2, -0.15) is 0 Å². The third-order valence-electron chi connectivity index (χ3n) is 4.36. The number of thioether (sulfide) groups is 1. The minimum atomic E-state index is -0.421. The van der Waals surface area contributed by atoms with Gasteiger partial charge in [0.1, 0.15) is 5.75 Å². The maximum Gasteiger partial charge on any atom is 0.366 e. The number of fused-ring (bicyclic) bond motifs is 1. The Morgan fingerprint density at radius 1 is 1.20 bits per heavy atom. The Morgan fingerprint density at radius 3 is 2.76 bits per heavy atom. The van der Waals surface area contributed by atoms with E-state index in [1.54, 1.807) is 13.2 Å². The third kappa shape index (κ3) is 3.71. The number of rotatable bonds is 4. The first kappa shape index (κ1) is 17.5. The molecule has 5 heteroatoms. The summed E-state index contributed by atoms with van der Waals surface area (Å²) in [5, 5.41) is 4.19. The molecule has 0 heterocycles. The van der Waals surface area contributed by atoms with Crippen LogP contribution in [0.1, 0.15) is 39.9 Å². The van der Waals surface area contributed by atoms with Crippen molar-refractivity contribution in [1.82, 2.24) is 0 Å². The van der Waals surface area contributed by atoms with Crippen LogP contribution in [0.25, 0.3) is 0 Å². The molecule has 0 amide bonds. The number of hydrogen-bond donors (Lipinski definition) is 0. The van der Waals surface area contributed by atoms with Crippen LogP contribution < -0.4 is 4.74 Å². The van der Waals surface area contributed by atoms with Gasteiger partial charge in [0.2, 0.25) is 0 Å². The number of oxime groups is 1. The molecule has 25 heavy (non-hydrogen) atoms. The molecule has 0 aliphatic heterocycles. The first-order valence-corrected chi connectivity index (χ1v) is 9.45. The molecule has 0 aromatic heterocycles. The summed E-state index contributed by atoms with van der Waals surface area (Å²) in [6, 6.07) is 11.5. The van der Waals surface area contributed by atoms with E-state index in [1.807, 2.05) is 31.4 Å². The molecule has 0 N–H and O–H groups in total. The molecule has 0 unspecified atom stereocenters. The van der Waals surface area contributed by atoms with Gasteiger partial charge in [0, 0.05) is 10.5 Å². The highest BCUT2D eigenvalue weighted by atomic mass is 32.2. The number of carbonyl (C=O) groups excluding carboxylic acids is 1. The maximum atomic E-state index is 12.4. The molecule has 4 nitrogen and oxygen atoms in total. The number of methoxy groups -OCH3 is 1. The number of nitrogens with zero attached hydrogens (tertiary/aromatic N) is 1. The highest BCUT2D eigenvalue weighted by Gasteiger charge is 2.19. The summed E-state index contributed by atoms with van der Waals surface area (Å²) < 4.78 is 5.40. The molecule has 2 aromatic carbocycles. The minimum absolute atomic E-state index is 0.421. The van der Waals surface area contributed by atoms with Crippen LogP contribution in [0.5, 0.6) is 5.75 Å². The largest absolute Gasteiger partial charge is 0.496 e. The first-order chi connectivity index (χ1) is 12.1. The van der Waals surface area contributed by atoms with Crippen molar-refractivity contribution in [3.05, 3.63) is 58.7 Å². The van der Waals surface area contributed by atoms with E-state index in [-0.39, 0.29) is 0 Å². The van der Waals surface area contributed by atoms with E-state index in [0.29, 0.717) is 5.56 Å². The van der Waals surface area contributed by atoms with E-state index < -0.39 is 5.97 Å². The molecule has 1 aliphatic carbocycles. The van der Waals surface area contributed by atoms with Crippen LogP contribution in [-0.2, 0) is 11.3 Å². The molecule has 130 valence electrons. The summed E-state index contributed by atoms with van der Waals surface area (Å²) in [6.07, 6.45) is 4.70. The Hall–Kier alpha value is -2.27. The van der Waals surface area contributed by atoms with Gasteiger partial charge in [-0.05, 0) is 67.8 Å². The summed E-state index contributed by atoms with van der Waals surface area (Å²) in [4.78, 5) is 18.5. The average molecular weight is 355 g/mol. The van der Waals surface area contributed by atoms with Crippen LogP contribution in [0, 0.1) is 6.92 Å². The van der Waals surface area contributed by atoms with Gasteiger partial charge in [-0.3, -0.25) is 0 Å². The van der Waals surface area contributed by atoms with Crippen molar-refractivity contribution in [3.63, 3.8) is 0 Å². The van der Waals surface area contributed by atoms with E-state index in [4.69, 9.17) is 9.57 Å². The molecular formula is C20H21NO3S. The Kier molecular flexibility index (Phi) is 5.43. The average Bonchev–Trinajstić information content (AvgIpc) is 2.65. The van der Waals surface area contributed by atoms with Crippen molar-refractivity contribution in [1.29, 1.82) is 0 Å². The fourth-order valence-corrected chi connectivity index (χ4v) is 3.65. The molecule has 0 saturated heterocycles. The second-order valence-corrected chi connectivity index (χ2v) is 6.80. The van der Waals surface area contributed by atoms with Crippen LogP contribution in [0.15, 0.2) is 46.4 Å². The molecule has 0 saturated carbocycles. The van der Waals surface area contributed by atoms with Crippen LogP contribution in [0.2, 0.25) is 0 Å². The van der Waals surface area contributed by atoms with Crippen LogP contribution in [0.3, 0.4) is 0 Å². The monoisotopic (exact) mass is 355 g/mol. The fourth-order valence-electron chi connectivity index (χ4n) is 3.06. The highest BCUT2D eigenvalue weighted by molar-refractivity contribution is 7.98. The summed E-state index contributed by atoms with van der Waals surface area (Å²) >= 11 is 1.52. The zero-order chi connectivity index (χ0) is 17.8. The number of aryl methyl sites for hydroxylation is 2. The zero-order valence-corrected chi connectivity index (χ0v) is 15.5. The summed E-state index contributed by atoms with van der Waals surface area (Å²) in [5.41, 5.74) is 4.65. The van der Waals surface area contributed by atoms with E-state index >= 15 is 0 Å². The molecule has 0 bridgehead atoms. The van der Waals surface area contributed by atoms with Gasteiger partial charge in [0.05, 0.1) is 18.4 Å². The van der Waals surface area contributed by atoms with E-state index in [9.17, 15) is 4.79 Å². The lowest BCUT2D eigenvalue weighted by molar-refractivity contribution is 0.0511. The SMILES string of the molecule is COc1cc2c(cc1C)/C(=N/OC(=O)c1ccccc1SC)CCC2. The molecule has 0 radical (unpaired) electrons. The topological polar surface area (TPSA) is 47.9 Å². The number of carbonyl (C=O) groups is 1. The van der Waals surface area contributed by atoms with E-state index in [1.165, 1.54) is 17.3 Å². The number of benzene rings is 2. The standard InChI is InChI=1S/C20H21NO3S/c1-13-11-16-14(12-18(13)23-2)7-6-9-17(16)21-24-20(22)15-8-4-5-10-19(15)25-3/h4-5,8,10-12H,6-7,9H2,1-3H3/b21-17+. The minimum Gasteiger partial charge on any atom is -0.496 e. The van der Waals surface area contributed by atoms with Gasteiger partial charge >= 0.3 is 5.97 Å². The maximum absolute atomic E-state index is 12.4. The van der Waals surface area contributed by atoms with Crippen molar-refractivity contribution in [2.24, 2.45) is 5.16 Å². The Balaban J connectivity index is 1.86. The van der Waals surface area contributed by atoms with Crippen molar-refractivity contribution >= 4 is 23.4 Å². The van der Waals surface area contributed by atoms with Gasteiger partial charge < -0.3 is 9.57 Å². The van der Waals surface area contributed by atoms with Crippen molar-refractivity contribution in [2.75, 3.05) is 13.4 Å². The summed E-state index contributed by atoms with van der Waals surface area (Å²) in [6.45, 7) is 2.01. The quantitative estimate of drug-likeness (QED) is 0.456. The zero-order valence-electron chi connectivity index (χ0n) is 14.7. The lowest BCUT2D eigenvalue weighted by Crippen LogP contribution is -2.14. The van der Waals surface area contributed by atoms with E-state index in [0.717, 1.165) is 46.7 Å². The smallest absolute Gasteiger partial charge is 0.366 e. The third-order valence-corrected chi connectivity index (χ3v) is 5.15. The van der Waals surface area contributed by atoms with Gasteiger partial charge in [0.25, 0.3) is 0 Å². The molecule has 0 atom stereocenters. The predicted octanol–water partition coefficient (Wildman–Crippen LogP) is 4.62. The van der Waals surface area contributed by atoms with Crippen molar-refractivity contribution < 1.29 is 14.4 Å². The molecule has 1 aliphatic rings. The van der Waals surface area contributed by atoms with Gasteiger partial charge in [-0.1, -0.05) is 17.3 Å². The van der Waals surface area contributed by atoms with Gasteiger partial charge in [0.15, 0.2) is 0 Å². The fraction of sp³-hybridized carbons (Fsp3) is 0.300. The molecule has 3 rings (SSSR count). The van der Waals surface area contributed by atoms with Gasteiger partial charge in [-0.25, -0.2) is 4.79 Å². The first-order valence-electron chi connectivity index (χ1n) is 8.23. The molecule has 0 fully saturated rings. The number of hydrogen-bond acceptors (Lipinski definition) is 5. The van der Waals surface area contributed by atoms with Crippen molar-refractivity contribution in [2.45, 2.75) is 31.1 Å². The van der Waals surface area contributed by atoms with Crippen LogP contribution in [0.4, 0.5) is 0 Å². The lowest BCUT2D eigenvalue weighted by Gasteiger charge is -2.19. The lowest BCUT2D eigenvalue weighted by atomic mass is 9.88. The van der Waals surface area contributed by atoms with Crippen molar-refractivity contribution in [3.8, 4) is 5.75 Å². The van der Waals surface area contributed by atoms with Gasteiger partial charge in [-0.15, -0.1) is 11.8 Å². The molecule has 0 spiro atoms. The predicted molar refractivity (Wildman–Crippen MR) is 101 cm³/mol. The van der Waals surface area contributed by atoms with Crippen LogP contribution in [-0.4, -0.2) is 25.0 Å². The molecular weight excluding hydrogens is 334 g/mol. The Bertz CT molecular complexity index is 830. The summed E-state index contributed by atoms with van der Waals surface area (Å²) in [7, 11) is 1.68. The number of ether oxygens (including phenoxy) is 1. The Labute approximate surface area is 152 Å². The van der Waals surface area contributed by atoms with E-state index in [2.05, 4.69) is 17.3 Å². The molecule has 2 aromatic rings. The summed E-state index contributed by atoms with van der Waals surface area (Å²) in [5.74, 6) is 0.459. The van der Waals surface area contributed by atoms with Crippen LogP contribution >= 0.6 is 11.8 Å². The second kappa shape index (κ2) is 7.74. The Morgan fingerprint density at radius 2 is 2.00 bits per heavy atom.